The lowest BCUT2D eigenvalue weighted by Crippen LogP contribution is -2.41. The minimum atomic E-state index is -1.13. The zero-order chi connectivity index (χ0) is 16.1. The van der Waals surface area contributed by atoms with Crippen LogP contribution in [0.2, 0.25) is 0 Å². The van der Waals surface area contributed by atoms with Gasteiger partial charge in [0.2, 0.25) is 11.8 Å². The maximum Gasteiger partial charge on any atom is 0.246 e. The van der Waals surface area contributed by atoms with Crippen molar-refractivity contribution in [2.45, 2.75) is 43.7 Å². The van der Waals surface area contributed by atoms with Crippen molar-refractivity contribution in [2.75, 3.05) is 33.4 Å². The fourth-order valence-corrected chi connectivity index (χ4v) is 2.83. The van der Waals surface area contributed by atoms with Gasteiger partial charge in [0.15, 0.2) is 0 Å². The van der Waals surface area contributed by atoms with Gasteiger partial charge in [0, 0.05) is 26.7 Å². The second-order valence-corrected chi connectivity index (χ2v) is 5.72. The molecule has 0 aromatic carbocycles. The van der Waals surface area contributed by atoms with Gasteiger partial charge >= 0.3 is 0 Å². The van der Waals surface area contributed by atoms with Gasteiger partial charge in [0.25, 0.3) is 0 Å². The molecular weight excluding hydrogens is 292 g/mol. The highest BCUT2D eigenvalue weighted by atomic mass is 16.5. The van der Waals surface area contributed by atoms with Crippen LogP contribution < -0.4 is 5.32 Å². The third kappa shape index (κ3) is 4.16. The third-order valence-corrected chi connectivity index (χ3v) is 4.07. The van der Waals surface area contributed by atoms with E-state index in [1.807, 2.05) is 0 Å². The molecule has 2 amide bonds. The third-order valence-electron chi connectivity index (χ3n) is 4.07. The van der Waals surface area contributed by atoms with E-state index in [4.69, 9.17) is 4.74 Å². The second kappa shape index (κ2) is 7.87. The number of nitrogens with one attached hydrogen (secondary N) is 1. The summed E-state index contributed by atoms with van der Waals surface area (Å²) >= 11 is 0. The summed E-state index contributed by atoms with van der Waals surface area (Å²) in [6, 6.07) is 0. The number of hydrogen-bond donors (Lipinski definition) is 3. The number of aliphatic hydroxyl groups is 2. The standard InChI is InChI=1S/C14H24N2O6/c1-21-8-11(17)15-7-10-14(20)13(19)9(22-10)6-12(18)16-4-2-3-5-16/h9-10,13-14,19-20H,2-8H2,1H3,(H,15,17)/t9-,10+,13-,14+/m0/s1. The number of amides is 2. The van der Waals surface area contributed by atoms with Crippen molar-refractivity contribution in [1.29, 1.82) is 0 Å². The molecule has 2 aliphatic rings. The number of nitrogens with zero attached hydrogens (tertiary/aromatic N) is 1. The van der Waals surface area contributed by atoms with Crippen LogP contribution in [0.15, 0.2) is 0 Å². The van der Waals surface area contributed by atoms with Crippen LogP contribution in [0.25, 0.3) is 0 Å². The van der Waals surface area contributed by atoms with Crippen LogP contribution >= 0.6 is 0 Å². The molecule has 0 aromatic rings. The van der Waals surface area contributed by atoms with Gasteiger partial charge in [-0.25, -0.2) is 0 Å². The first-order chi connectivity index (χ1) is 10.5. The zero-order valence-corrected chi connectivity index (χ0v) is 12.7. The predicted octanol–water partition coefficient (Wildman–Crippen LogP) is -1.75. The Labute approximate surface area is 129 Å². The Bertz CT molecular complexity index is 399. The highest BCUT2D eigenvalue weighted by molar-refractivity contribution is 5.77. The lowest BCUT2D eigenvalue weighted by atomic mass is 10.1. The van der Waals surface area contributed by atoms with Crippen LogP contribution in [0.3, 0.4) is 0 Å². The van der Waals surface area contributed by atoms with Crippen LogP contribution in [0.5, 0.6) is 0 Å². The quantitative estimate of drug-likeness (QED) is 0.536. The zero-order valence-electron chi connectivity index (χ0n) is 12.7. The van der Waals surface area contributed by atoms with E-state index in [1.54, 1.807) is 4.90 Å². The minimum absolute atomic E-state index is 0.0424. The number of methoxy groups -OCH3 is 1. The van der Waals surface area contributed by atoms with Crippen molar-refractivity contribution in [3.63, 3.8) is 0 Å². The maximum atomic E-state index is 12.1. The summed E-state index contributed by atoms with van der Waals surface area (Å²) in [6.07, 6.45) is -1.69. The number of aliphatic hydroxyl groups excluding tert-OH is 2. The SMILES string of the molecule is COCC(=O)NC[C@H]1O[C@@H](CC(=O)N2CCCC2)[C@H](O)[C@@H]1O. The molecule has 0 aromatic heterocycles. The van der Waals surface area contributed by atoms with Gasteiger partial charge < -0.3 is 29.9 Å². The summed E-state index contributed by atoms with van der Waals surface area (Å²) < 4.78 is 10.2. The van der Waals surface area contributed by atoms with Crippen molar-refractivity contribution in [3.05, 3.63) is 0 Å². The molecule has 4 atom stereocenters. The number of likely N-dealkylation sites (tertiary alicyclic amines) is 1. The van der Waals surface area contributed by atoms with E-state index in [0.29, 0.717) is 0 Å². The van der Waals surface area contributed by atoms with Crippen LogP contribution in [-0.2, 0) is 19.1 Å². The number of ether oxygens (including phenoxy) is 2. The number of carbonyl (C=O) groups excluding carboxylic acids is 2. The van der Waals surface area contributed by atoms with Crippen molar-refractivity contribution in [2.24, 2.45) is 0 Å². The molecule has 0 aliphatic carbocycles. The minimum Gasteiger partial charge on any atom is -0.388 e. The van der Waals surface area contributed by atoms with E-state index in [9.17, 15) is 19.8 Å². The van der Waals surface area contributed by atoms with Gasteiger partial charge in [0.05, 0.1) is 12.5 Å². The summed E-state index contributed by atoms with van der Waals surface area (Å²) in [4.78, 5) is 25.1. The molecule has 8 nitrogen and oxygen atoms in total. The van der Waals surface area contributed by atoms with E-state index in [-0.39, 0.29) is 31.4 Å². The Kier molecular flexibility index (Phi) is 6.13. The van der Waals surface area contributed by atoms with Crippen LogP contribution in [0.1, 0.15) is 19.3 Å². The summed E-state index contributed by atoms with van der Waals surface area (Å²) in [6.45, 7) is 1.46. The molecule has 0 bridgehead atoms. The average Bonchev–Trinajstić information content (AvgIpc) is 3.10. The molecule has 2 fully saturated rings. The smallest absolute Gasteiger partial charge is 0.246 e. The van der Waals surface area contributed by atoms with E-state index in [2.05, 4.69) is 10.1 Å². The molecule has 0 spiro atoms. The number of carbonyl (C=O) groups is 2. The van der Waals surface area contributed by atoms with Gasteiger partial charge in [-0.3, -0.25) is 9.59 Å². The first-order valence-electron chi connectivity index (χ1n) is 7.58. The fourth-order valence-electron chi connectivity index (χ4n) is 2.83. The van der Waals surface area contributed by atoms with E-state index in [0.717, 1.165) is 25.9 Å². The Morgan fingerprint density at radius 2 is 1.86 bits per heavy atom. The van der Waals surface area contributed by atoms with Crippen molar-refractivity contribution in [3.8, 4) is 0 Å². The lowest BCUT2D eigenvalue weighted by molar-refractivity contribution is -0.134. The van der Waals surface area contributed by atoms with E-state index in [1.165, 1.54) is 7.11 Å². The molecule has 2 heterocycles. The van der Waals surface area contributed by atoms with Crippen molar-refractivity contribution in [1.82, 2.24) is 10.2 Å². The highest BCUT2D eigenvalue weighted by Gasteiger charge is 2.43. The molecule has 8 heteroatoms. The molecule has 0 unspecified atom stereocenters. The Morgan fingerprint density at radius 3 is 2.50 bits per heavy atom. The molecule has 0 saturated carbocycles. The summed E-state index contributed by atoms with van der Waals surface area (Å²) in [5.74, 6) is -0.401. The van der Waals surface area contributed by atoms with Gasteiger partial charge in [-0.15, -0.1) is 0 Å². The molecule has 2 rings (SSSR count). The van der Waals surface area contributed by atoms with E-state index >= 15 is 0 Å². The van der Waals surface area contributed by atoms with Gasteiger partial charge in [0.1, 0.15) is 24.9 Å². The molecule has 2 saturated heterocycles. The summed E-state index contributed by atoms with van der Waals surface area (Å²) in [7, 11) is 1.41. The first-order valence-corrected chi connectivity index (χ1v) is 7.58. The Morgan fingerprint density at radius 1 is 1.23 bits per heavy atom. The highest BCUT2D eigenvalue weighted by Crippen LogP contribution is 2.24. The van der Waals surface area contributed by atoms with E-state index < -0.39 is 24.4 Å². The summed E-state index contributed by atoms with van der Waals surface area (Å²) in [5, 5.41) is 22.5. The molecule has 3 N–H and O–H groups in total. The lowest BCUT2D eigenvalue weighted by Gasteiger charge is -2.19. The fraction of sp³-hybridized carbons (Fsp3) is 0.857. The maximum absolute atomic E-state index is 12.1. The Hall–Kier alpha value is -1.22. The van der Waals surface area contributed by atoms with Crippen molar-refractivity contribution < 1.29 is 29.3 Å². The molecule has 126 valence electrons. The predicted molar refractivity (Wildman–Crippen MR) is 76.0 cm³/mol. The molecular formula is C14H24N2O6. The molecule has 0 radical (unpaired) electrons. The molecule has 2 aliphatic heterocycles. The van der Waals surface area contributed by atoms with Gasteiger partial charge in [-0.1, -0.05) is 0 Å². The number of hydrogen-bond acceptors (Lipinski definition) is 6. The van der Waals surface area contributed by atoms with Crippen LogP contribution in [0, 0.1) is 0 Å². The summed E-state index contributed by atoms with van der Waals surface area (Å²) in [5.41, 5.74) is 0. The molecule has 22 heavy (non-hydrogen) atoms. The van der Waals surface area contributed by atoms with Crippen LogP contribution in [-0.4, -0.2) is 84.7 Å². The normalized spacial score (nSPS) is 31.5. The largest absolute Gasteiger partial charge is 0.388 e. The van der Waals surface area contributed by atoms with Gasteiger partial charge in [-0.2, -0.15) is 0 Å². The van der Waals surface area contributed by atoms with Crippen molar-refractivity contribution >= 4 is 11.8 Å². The van der Waals surface area contributed by atoms with Gasteiger partial charge in [-0.05, 0) is 12.8 Å². The average molecular weight is 316 g/mol. The topological polar surface area (TPSA) is 108 Å². The number of rotatable bonds is 6. The second-order valence-electron chi connectivity index (χ2n) is 5.72. The first kappa shape index (κ1) is 17.1. The van der Waals surface area contributed by atoms with Crippen LogP contribution in [0.4, 0.5) is 0 Å². The monoisotopic (exact) mass is 316 g/mol. The Balaban J connectivity index is 1.81.